The molecule has 5 fully saturated rings. The van der Waals surface area contributed by atoms with Crippen molar-refractivity contribution in [2.24, 2.45) is 28.6 Å². The number of hydrogen-bond donors (Lipinski definition) is 2. The first-order chi connectivity index (χ1) is 11.5. The molecule has 7 atom stereocenters. The number of carbonyl (C=O) groups is 1. The monoisotopic (exact) mass is 330 g/mol. The van der Waals surface area contributed by atoms with Crippen molar-refractivity contribution >= 4 is 5.91 Å². The van der Waals surface area contributed by atoms with Crippen LogP contribution in [0.15, 0.2) is 0 Å². The quantitative estimate of drug-likeness (QED) is 0.812. The number of piperidine rings is 1. The van der Waals surface area contributed by atoms with Crippen LogP contribution in [-0.4, -0.2) is 24.0 Å². The Labute approximate surface area is 146 Å². The molecule has 2 N–H and O–H groups in total. The van der Waals surface area contributed by atoms with Crippen molar-refractivity contribution in [3.63, 3.8) is 0 Å². The van der Waals surface area contributed by atoms with E-state index in [-0.39, 0.29) is 0 Å². The summed E-state index contributed by atoms with van der Waals surface area (Å²) in [6.45, 7) is 5.11. The molecule has 3 heteroatoms. The Morgan fingerprint density at radius 1 is 0.917 bits per heavy atom. The molecule has 24 heavy (non-hydrogen) atoms. The number of rotatable bonds is 2. The normalized spacial score (nSPS) is 53.8. The minimum absolute atomic E-state index is 0.297. The van der Waals surface area contributed by atoms with Gasteiger partial charge in [-0.1, -0.05) is 13.8 Å². The van der Waals surface area contributed by atoms with Gasteiger partial charge in [0.05, 0.1) is 0 Å². The number of nitrogens with one attached hydrogen (secondary N) is 2. The topological polar surface area (TPSA) is 41.1 Å². The predicted octanol–water partition coefficient (Wildman–Crippen LogP) is 3.63. The minimum Gasteiger partial charge on any atom is -0.353 e. The first kappa shape index (κ1) is 15.7. The molecule has 5 rings (SSSR count). The fraction of sp³-hybridized carbons (Fsp3) is 0.952. The zero-order chi connectivity index (χ0) is 16.5. The predicted molar refractivity (Wildman–Crippen MR) is 95.5 cm³/mol. The largest absolute Gasteiger partial charge is 0.353 e. The zero-order valence-electron chi connectivity index (χ0n) is 15.4. The lowest BCUT2D eigenvalue weighted by Crippen LogP contribution is -2.61. The molecule has 0 aromatic rings. The van der Waals surface area contributed by atoms with E-state index < -0.39 is 0 Å². The molecule has 0 radical (unpaired) electrons. The zero-order valence-corrected chi connectivity index (χ0v) is 15.4. The molecule has 134 valence electrons. The number of carbonyl (C=O) groups excluding carboxylic acids is 1. The van der Waals surface area contributed by atoms with Crippen molar-refractivity contribution in [2.45, 2.75) is 96.2 Å². The highest BCUT2D eigenvalue weighted by molar-refractivity contribution is 5.77. The summed E-state index contributed by atoms with van der Waals surface area (Å²) in [5.74, 6) is 2.97. The van der Waals surface area contributed by atoms with E-state index in [0.29, 0.717) is 22.8 Å². The Hall–Kier alpha value is -0.570. The SMILES string of the molecule is C[C@]12CCC(=O)NC1CC[C@@H]1[C@H]2CC[C@]2(C)C(NC3CC3)CC[C@@H]12. The van der Waals surface area contributed by atoms with Gasteiger partial charge in [0.1, 0.15) is 0 Å². The summed E-state index contributed by atoms with van der Waals surface area (Å²) >= 11 is 0. The number of hydrogen-bond acceptors (Lipinski definition) is 2. The van der Waals surface area contributed by atoms with E-state index in [2.05, 4.69) is 24.5 Å². The van der Waals surface area contributed by atoms with E-state index in [4.69, 9.17) is 0 Å². The van der Waals surface area contributed by atoms with Gasteiger partial charge >= 0.3 is 0 Å². The Morgan fingerprint density at radius 2 is 1.71 bits per heavy atom. The van der Waals surface area contributed by atoms with E-state index in [9.17, 15) is 4.79 Å². The third-order valence-corrected chi connectivity index (χ3v) is 9.11. The van der Waals surface area contributed by atoms with Gasteiger partial charge in [-0.15, -0.1) is 0 Å². The summed E-state index contributed by atoms with van der Waals surface area (Å²) in [5, 5.41) is 7.36. The Bertz CT molecular complexity index is 544. The summed E-state index contributed by atoms with van der Waals surface area (Å²) in [7, 11) is 0. The molecular weight excluding hydrogens is 296 g/mol. The van der Waals surface area contributed by atoms with Gasteiger partial charge in [0, 0.05) is 24.5 Å². The van der Waals surface area contributed by atoms with Crippen LogP contribution >= 0.6 is 0 Å². The van der Waals surface area contributed by atoms with Gasteiger partial charge in [-0.05, 0) is 86.4 Å². The highest BCUT2D eigenvalue weighted by atomic mass is 16.1. The molecule has 0 aromatic carbocycles. The van der Waals surface area contributed by atoms with E-state index in [1.165, 1.54) is 51.4 Å². The Kier molecular flexibility index (Phi) is 3.41. The van der Waals surface area contributed by atoms with Gasteiger partial charge in [-0.3, -0.25) is 4.79 Å². The average molecular weight is 331 g/mol. The summed E-state index contributed by atoms with van der Waals surface area (Å²) < 4.78 is 0. The third-order valence-electron chi connectivity index (χ3n) is 9.11. The van der Waals surface area contributed by atoms with Crippen LogP contribution in [0.3, 0.4) is 0 Å². The lowest BCUT2D eigenvalue weighted by Gasteiger charge is -2.60. The standard InChI is InChI=1S/C21H34N2O/c1-20-11-9-16-14(15(20)6-8-17(20)22-13-3-4-13)5-7-18-21(16,2)12-10-19(24)23-18/h13-18,22H,3-12H2,1-2H3,(H,23,24)/t14-,15-,16+,17?,18?,20-,21+/m0/s1. The summed E-state index contributed by atoms with van der Waals surface area (Å²) in [4.78, 5) is 11.9. The third kappa shape index (κ3) is 2.15. The molecule has 2 unspecified atom stereocenters. The van der Waals surface area contributed by atoms with Crippen LogP contribution in [0.1, 0.15) is 78.1 Å². The van der Waals surface area contributed by atoms with Gasteiger partial charge < -0.3 is 10.6 Å². The Balaban J connectivity index is 1.39. The van der Waals surface area contributed by atoms with Gasteiger partial charge in [0.2, 0.25) is 5.91 Å². The first-order valence-electron chi connectivity index (χ1n) is 10.6. The smallest absolute Gasteiger partial charge is 0.220 e. The lowest BCUT2D eigenvalue weighted by atomic mass is 9.47. The van der Waals surface area contributed by atoms with E-state index in [1.807, 2.05) is 0 Å². The summed E-state index contributed by atoms with van der Waals surface area (Å²) in [5.41, 5.74) is 0.894. The molecular formula is C21H34N2O. The van der Waals surface area contributed by atoms with Crippen LogP contribution in [-0.2, 0) is 4.79 Å². The lowest BCUT2D eigenvalue weighted by molar-refractivity contribution is -0.136. The van der Waals surface area contributed by atoms with Crippen molar-refractivity contribution in [1.29, 1.82) is 0 Å². The van der Waals surface area contributed by atoms with Crippen LogP contribution in [0, 0.1) is 28.6 Å². The van der Waals surface area contributed by atoms with Crippen LogP contribution in [0.5, 0.6) is 0 Å². The fourth-order valence-electron chi connectivity index (χ4n) is 7.51. The maximum Gasteiger partial charge on any atom is 0.220 e. The molecule has 1 heterocycles. The Morgan fingerprint density at radius 3 is 2.50 bits per heavy atom. The summed E-state index contributed by atoms with van der Waals surface area (Å²) in [6.07, 6.45) is 12.9. The van der Waals surface area contributed by atoms with E-state index in [1.54, 1.807) is 0 Å². The molecule has 5 aliphatic rings. The molecule has 4 aliphatic carbocycles. The molecule has 4 saturated carbocycles. The second-order valence-corrected chi connectivity index (χ2v) is 10.2. The maximum atomic E-state index is 11.9. The molecule has 1 amide bonds. The molecule has 0 bridgehead atoms. The van der Waals surface area contributed by atoms with Gasteiger partial charge in [0.15, 0.2) is 0 Å². The second-order valence-electron chi connectivity index (χ2n) is 10.2. The maximum absolute atomic E-state index is 11.9. The summed E-state index contributed by atoms with van der Waals surface area (Å²) in [6, 6.07) is 2.06. The van der Waals surface area contributed by atoms with Crippen molar-refractivity contribution < 1.29 is 4.79 Å². The fourth-order valence-corrected chi connectivity index (χ4v) is 7.51. The van der Waals surface area contributed by atoms with Crippen molar-refractivity contribution in [3.8, 4) is 0 Å². The van der Waals surface area contributed by atoms with Crippen molar-refractivity contribution in [3.05, 3.63) is 0 Å². The van der Waals surface area contributed by atoms with Crippen LogP contribution < -0.4 is 10.6 Å². The highest BCUT2D eigenvalue weighted by Crippen LogP contribution is 2.64. The van der Waals surface area contributed by atoms with Gasteiger partial charge in [-0.2, -0.15) is 0 Å². The number of amides is 1. The second kappa shape index (κ2) is 5.22. The van der Waals surface area contributed by atoms with E-state index in [0.717, 1.165) is 42.7 Å². The first-order valence-corrected chi connectivity index (χ1v) is 10.6. The minimum atomic E-state index is 0.297. The highest BCUT2D eigenvalue weighted by Gasteiger charge is 2.60. The van der Waals surface area contributed by atoms with Crippen LogP contribution in [0.25, 0.3) is 0 Å². The molecule has 0 aromatic heterocycles. The van der Waals surface area contributed by atoms with Crippen LogP contribution in [0.4, 0.5) is 0 Å². The van der Waals surface area contributed by atoms with Gasteiger partial charge in [0.25, 0.3) is 0 Å². The van der Waals surface area contributed by atoms with Crippen LogP contribution in [0.2, 0.25) is 0 Å². The molecule has 1 saturated heterocycles. The van der Waals surface area contributed by atoms with E-state index >= 15 is 0 Å². The molecule has 1 aliphatic heterocycles. The van der Waals surface area contributed by atoms with Crippen molar-refractivity contribution in [1.82, 2.24) is 10.6 Å². The van der Waals surface area contributed by atoms with Crippen molar-refractivity contribution in [2.75, 3.05) is 0 Å². The average Bonchev–Trinajstić information content (AvgIpc) is 3.31. The molecule has 0 spiro atoms. The molecule has 3 nitrogen and oxygen atoms in total. The van der Waals surface area contributed by atoms with Gasteiger partial charge in [-0.25, -0.2) is 0 Å². The number of fused-ring (bicyclic) bond motifs is 5.